The minimum Gasteiger partial charge on any atom is -0.501 e. The summed E-state index contributed by atoms with van der Waals surface area (Å²) in [5.74, 6) is 0.322. The molecule has 0 saturated carbocycles. The summed E-state index contributed by atoms with van der Waals surface area (Å²) < 4.78 is 16.7. The quantitative estimate of drug-likeness (QED) is 0.596. The molecule has 1 aromatic carbocycles. The van der Waals surface area contributed by atoms with Gasteiger partial charge < -0.3 is 4.74 Å². The van der Waals surface area contributed by atoms with Crippen molar-refractivity contribution in [2.45, 2.75) is 18.7 Å². The summed E-state index contributed by atoms with van der Waals surface area (Å²) in [7, 11) is 0.206. The second kappa shape index (κ2) is 6.35. The summed E-state index contributed by atoms with van der Waals surface area (Å²) in [4.78, 5) is 12.2. The first-order valence-corrected chi connectivity index (χ1v) is 6.55. The van der Waals surface area contributed by atoms with Crippen LogP contribution in [-0.2, 0) is 20.3 Å². The van der Waals surface area contributed by atoms with Crippen LogP contribution >= 0.6 is 0 Å². The van der Waals surface area contributed by atoms with Crippen LogP contribution in [0, 0.1) is 6.92 Å². The number of ketones is 1. The maximum Gasteiger partial charge on any atom is 0.171 e. The van der Waals surface area contributed by atoms with E-state index in [0.29, 0.717) is 10.7 Å². The molecule has 0 spiro atoms. The summed E-state index contributed by atoms with van der Waals surface area (Å²) in [6.07, 6.45) is 1.37. The van der Waals surface area contributed by atoms with Gasteiger partial charge in [0.05, 0.1) is 29.4 Å². The van der Waals surface area contributed by atoms with Gasteiger partial charge in [-0.2, -0.15) is 0 Å². The van der Waals surface area contributed by atoms with Gasteiger partial charge in [0.2, 0.25) is 0 Å². The van der Waals surface area contributed by atoms with Crippen LogP contribution in [-0.4, -0.2) is 22.9 Å². The molecule has 0 bridgehead atoms. The molecule has 4 heteroatoms. The molecule has 0 amide bonds. The number of carbonyl (C=O) groups excluding carboxylic acids is 1. The largest absolute Gasteiger partial charge is 0.501 e. The van der Waals surface area contributed by atoms with Crippen molar-refractivity contribution in [3.63, 3.8) is 0 Å². The molecule has 0 aliphatic rings. The fraction of sp³-hybridized carbons (Fsp3) is 0.308. The van der Waals surface area contributed by atoms with Crippen LogP contribution < -0.4 is 0 Å². The van der Waals surface area contributed by atoms with E-state index in [9.17, 15) is 9.00 Å². The van der Waals surface area contributed by atoms with Crippen molar-refractivity contribution in [3.8, 4) is 0 Å². The summed E-state index contributed by atoms with van der Waals surface area (Å²) in [6, 6.07) is 7.33. The number of hydrogen-bond donors (Lipinski definition) is 0. The van der Waals surface area contributed by atoms with Gasteiger partial charge in [0.25, 0.3) is 0 Å². The number of rotatable bonds is 5. The zero-order valence-electron chi connectivity index (χ0n) is 10.2. The van der Waals surface area contributed by atoms with Gasteiger partial charge in [0, 0.05) is 11.0 Å². The fourth-order valence-corrected chi connectivity index (χ4v) is 2.18. The van der Waals surface area contributed by atoms with E-state index in [1.807, 2.05) is 19.1 Å². The predicted octanol–water partition coefficient (Wildman–Crippen LogP) is 2.22. The van der Waals surface area contributed by atoms with Gasteiger partial charge in [-0.15, -0.1) is 0 Å². The minimum atomic E-state index is -1.29. The zero-order valence-corrected chi connectivity index (χ0v) is 11.0. The molecule has 0 aliphatic carbocycles. The van der Waals surface area contributed by atoms with Crippen molar-refractivity contribution in [2.24, 2.45) is 0 Å². The third-order valence-corrected chi connectivity index (χ3v) is 3.59. The Kier molecular flexibility index (Phi) is 5.10. The predicted molar refractivity (Wildman–Crippen MR) is 68.2 cm³/mol. The van der Waals surface area contributed by atoms with Crippen LogP contribution in [0.5, 0.6) is 0 Å². The number of carbonyl (C=O) groups is 1. The van der Waals surface area contributed by atoms with Crippen LogP contribution in [0.2, 0.25) is 0 Å². The van der Waals surface area contributed by atoms with Crippen molar-refractivity contribution in [2.75, 3.05) is 12.9 Å². The number of aryl methyl sites for hydroxylation is 1. The van der Waals surface area contributed by atoms with E-state index in [4.69, 9.17) is 4.74 Å². The number of hydrogen-bond acceptors (Lipinski definition) is 3. The van der Waals surface area contributed by atoms with E-state index >= 15 is 0 Å². The molecule has 1 aromatic rings. The van der Waals surface area contributed by atoms with E-state index in [1.54, 1.807) is 19.1 Å². The van der Waals surface area contributed by atoms with Gasteiger partial charge in [-0.05, 0) is 26.0 Å². The molecule has 1 rings (SSSR count). The lowest BCUT2D eigenvalue weighted by atomic mass is 10.2. The highest BCUT2D eigenvalue weighted by Gasteiger charge is 2.08. The molecule has 0 radical (unpaired) electrons. The van der Waals surface area contributed by atoms with Gasteiger partial charge >= 0.3 is 0 Å². The van der Waals surface area contributed by atoms with Crippen LogP contribution in [0.3, 0.4) is 0 Å². The Morgan fingerprint density at radius 1 is 1.35 bits per heavy atom. The second-order valence-electron chi connectivity index (χ2n) is 3.73. The highest BCUT2D eigenvalue weighted by Crippen LogP contribution is 2.09. The first-order valence-electron chi connectivity index (χ1n) is 5.23. The van der Waals surface area contributed by atoms with Gasteiger partial charge in [-0.1, -0.05) is 17.7 Å². The summed E-state index contributed by atoms with van der Waals surface area (Å²) in [5.41, 5.74) is 1.10. The van der Waals surface area contributed by atoms with Crippen LogP contribution in [0.15, 0.2) is 41.0 Å². The lowest BCUT2D eigenvalue weighted by Crippen LogP contribution is -2.08. The Labute approximate surface area is 104 Å². The first kappa shape index (κ1) is 13.6. The van der Waals surface area contributed by atoms with Gasteiger partial charge in [-0.3, -0.25) is 9.00 Å². The lowest BCUT2D eigenvalue weighted by molar-refractivity contribution is -0.112. The Balaban J connectivity index is 2.67. The smallest absolute Gasteiger partial charge is 0.171 e. The molecule has 0 aromatic heterocycles. The maximum absolute atomic E-state index is 11.9. The third kappa shape index (κ3) is 4.53. The standard InChI is InChI=1S/C13H16O3S/c1-10-4-6-13(7-5-10)17(15)9-12(14)8-11(2)16-3/h4-8H,9H2,1-3H3/b11-8+. The molecule has 1 unspecified atom stereocenters. The minimum absolute atomic E-state index is 0.0102. The highest BCUT2D eigenvalue weighted by molar-refractivity contribution is 7.85. The van der Waals surface area contributed by atoms with Crippen LogP contribution in [0.4, 0.5) is 0 Å². The fourth-order valence-electron chi connectivity index (χ4n) is 1.23. The molecule has 17 heavy (non-hydrogen) atoms. The third-order valence-electron chi connectivity index (χ3n) is 2.24. The molecule has 0 saturated heterocycles. The van der Waals surface area contributed by atoms with Crippen molar-refractivity contribution < 1.29 is 13.7 Å². The average molecular weight is 252 g/mol. The topological polar surface area (TPSA) is 43.4 Å². The van der Waals surface area contributed by atoms with Crippen LogP contribution in [0.1, 0.15) is 12.5 Å². The average Bonchev–Trinajstić information content (AvgIpc) is 2.29. The first-order chi connectivity index (χ1) is 8.02. The van der Waals surface area contributed by atoms with E-state index in [2.05, 4.69) is 0 Å². The van der Waals surface area contributed by atoms with E-state index < -0.39 is 10.8 Å². The second-order valence-corrected chi connectivity index (χ2v) is 5.18. The van der Waals surface area contributed by atoms with E-state index in [0.717, 1.165) is 5.56 Å². The van der Waals surface area contributed by atoms with Gasteiger partial charge in [0.15, 0.2) is 5.78 Å². The lowest BCUT2D eigenvalue weighted by Gasteiger charge is -2.01. The summed E-state index contributed by atoms with van der Waals surface area (Å²) >= 11 is 0. The molecule has 1 atom stereocenters. The Bertz CT molecular complexity index is 446. The number of ether oxygens (including phenoxy) is 1. The molecule has 0 fully saturated rings. The van der Waals surface area contributed by atoms with Crippen molar-refractivity contribution in [3.05, 3.63) is 41.7 Å². The normalized spacial score (nSPS) is 13.2. The Morgan fingerprint density at radius 3 is 2.47 bits per heavy atom. The van der Waals surface area contributed by atoms with Crippen molar-refractivity contribution in [1.82, 2.24) is 0 Å². The monoisotopic (exact) mass is 252 g/mol. The molecule has 0 aliphatic heterocycles. The number of benzene rings is 1. The molecule has 0 heterocycles. The van der Waals surface area contributed by atoms with E-state index in [-0.39, 0.29) is 11.5 Å². The van der Waals surface area contributed by atoms with Crippen molar-refractivity contribution >= 4 is 16.6 Å². The highest BCUT2D eigenvalue weighted by atomic mass is 32.2. The van der Waals surface area contributed by atoms with Crippen molar-refractivity contribution in [1.29, 1.82) is 0 Å². The summed E-state index contributed by atoms with van der Waals surface area (Å²) in [5, 5.41) is 0. The zero-order chi connectivity index (χ0) is 12.8. The molecular weight excluding hydrogens is 236 g/mol. The molecule has 92 valence electrons. The molecule has 3 nitrogen and oxygen atoms in total. The number of allylic oxidation sites excluding steroid dienone is 2. The van der Waals surface area contributed by atoms with Gasteiger partial charge in [-0.25, -0.2) is 0 Å². The SMILES string of the molecule is CO/C(C)=C/C(=O)CS(=O)c1ccc(C)cc1. The molecular formula is C13H16O3S. The molecule has 0 N–H and O–H groups in total. The maximum atomic E-state index is 11.9. The van der Waals surface area contributed by atoms with E-state index in [1.165, 1.54) is 13.2 Å². The summed E-state index contributed by atoms with van der Waals surface area (Å²) in [6.45, 7) is 3.65. The van der Waals surface area contributed by atoms with Gasteiger partial charge in [0.1, 0.15) is 0 Å². The Hall–Kier alpha value is -1.42. The van der Waals surface area contributed by atoms with Crippen LogP contribution in [0.25, 0.3) is 0 Å². The number of methoxy groups -OCH3 is 1. The Morgan fingerprint density at radius 2 is 1.94 bits per heavy atom.